The molecule has 1 aromatic heterocycles. The summed E-state index contributed by atoms with van der Waals surface area (Å²) in [5.74, 6) is -0.754. The Morgan fingerprint density at radius 2 is 2.20 bits per heavy atom. The van der Waals surface area contributed by atoms with Gasteiger partial charge in [0.2, 0.25) is 0 Å². The third kappa shape index (κ3) is 3.20. The van der Waals surface area contributed by atoms with Crippen molar-refractivity contribution in [2.75, 3.05) is 5.32 Å². The molecule has 104 valence electrons. The average molecular weight is 338 g/mol. The number of benzene rings is 1. The fourth-order valence-corrected chi connectivity index (χ4v) is 2.16. The van der Waals surface area contributed by atoms with Crippen molar-refractivity contribution in [2.45, 2.75) is 13.5 Å². The van der Waals surface area contributed by atoms with Crippen molar-refractivity contribution in [3.05, 3.63) is 57.6 Å². The quantitative estimate of drug-likeness (QED) is 0.904. The van der Waals surface area contributed by atoms with Crippen LogP contribution in [0.3, 0.4) is 0 Å². The van der Waals surface area contributed by atoms with Gasteiger partial charge in [0.05, 0.1) is 10.2 Å². The van der Waals surface area contributed by atoms with Crippen molar-refractivity contribution in [1.82, 2.24) is 4.98 Å². The van der Waals surface area contributed by atoms with Crippen molar-refractivity contribution < 1.29 is 9.18 Å². The number of aryl methyl sites for hydroxylation is 1. The van der Waals surface area contributed by atoms with Crippen LogP contribution in [-0.2, 0) is 6.54 Å². The van der Waals surface area contributed by atoms with Gasteiger partial charge in [-0.25, -0.2) is 4.39 Å². The van der Waals surface area contributed by atoms with E-state index in [0.29, 0.717) is 21.4 Å². The van der Waals surface area contributed by atoms with E-state index in [2.05, 4.69) is 26.2 Å². The Morgan fingerprint density at radius 1 is 1.45 bits per heavy atom. The molecule has 0 radical (unpaired) electrons. The number of amides is 1. The van der Waals surface area contributed by atoms with Crippen molar-refractivity contribution in [3.63, 3.8) is 0 Å². The molecule has 0 saturated carbocycles. The van der Waals surface area contributed by atoms with Crippen molar-refractivity contribution >= 4 is 27.5 Å². The van der Waals surface area contributed by atoms with E-state index in [4.69, 9.17) is 5.73 Å². The van der Waals surface area contributed by atoms with Crippen LogP contribution in [-0.4, -0.2) is 10.9 Å². The van der Waals surface area contributed by atoms with E-state index < -0.39 is 5.82 Å². The average Bonchev–Trinajstić information content (AvgIpc) is 2.44. The lowest BCUT2D eigenvalue weighted by Gasteiger charge is -2.10. The van der Waals surface area contributed by atoms with Crippen LogP contribution in [0, 0.1) is 12.7 Å². The first-order valence-electron chi connectivity index (χ1n) is 5.93. The van der Waals surface area contributed by atoms with Crippen LogP contribution in [0.5, 0.6) is 0 Å². The molecule has 0 aliphatic rings. The molecular weight excluding hydrogens is 325 g/mol. The van der Waals surface area contributed by atoms with Gasteiger partial charge in [-0.15, -0.1) is 0 Å². The molecule has 6 heteroatoms. The summed E-state index contributed by atoms with van der Waals surface area (Å²) >= 11 is 3.10. The van der Waals surface area contributed by atoms with Gasteiger partial charge in [-0.2, -0.15) is 0 Å². The molecule has 0 aliphatic heterocycles. The standard InChI is InChI=1S/C14H13BrFN3O/c1-8-4-11(15)12(16)6-13(8)19-14(20)9-2-3-18-10(5-9)7-17/h2-6H,7,17H2,1H3,(H,19,20). The Labute approximate surface area is 124 Å². The molecule has 0 spiro atoms. The molecule has 1 amide bonds. The van der Waals surface area contributed by atoms with Crippen LogP contribution < -0.4 is 11.1 Å². The molecular formula is C14H13BrFN3O. The van der Waals surface area contributed by atoms with Gasteiger partial charge in [-0.05, 0) is 52.7 Å². The Bertz CT molecular complexity index is 661. The predicted octanol–water partition coefficient (Wildman–Crippen LogP) is 3.00. The highest BCUT2D eigenvalue weighted by atomic mass is 79.9. The molecule has 0 fully saturated rings. The fraction of sp³-hybridized carbons (Fsp3) is 0.143. The van der Waals surface area contributed by atoms with Crippen LogP contribution in [0.1, 0.15) is 21.6 Å². The number of pyridine rings is 1. The zero-order valence-electron chi connectivity index (χ0n) is 10.8. The Balaban J connectivity index is 2.25. The van der Waals surface area contributed by atoms with Gasteiger partial charge in [-0.3, -0.25) is 9.78 Å². The van der Waals surface area contributed by atoms with E-state index in [0.717, 1.165) is 5.56 Å². The number of nitrogens with two attached hydrogens (primary N) is 1. The summed E-state index contributed by atoms with van der Waals surface area (Å²) in [4.78, 5) is 16.1. The normalized spacial score (nSPS) is 10.4. The molecule has 3 N–H and O–H groups in total. The number of rotatable bonds is 3. The summed E-state index contributed by atoms with van der Waals surface area (Å²) in [6, 6.07) is 6.09. The predicted molar refractivity (Wildman–Crippen MR) is 78.9 cm³/mol. The molecule has 0 bridgehead atoms. The molecule has 0 saturated heterocycles. The molecule has 0 unspecified atom stereocenters. The first-order valence-corrected chi connectivity index (χ1v) is 6.72. The van der Waals surface area contributed by atoms with Gasteiger partial charge in [0.25, 0.3) is 5.91 Å². The molecule has 0 atom stereocenters. The van der Waals surface area contributed by atoms with E-state index in [1.54, 1.807) is 25.1 Å². The lowest BCUT2D eigenvalue weighted by atomic mass is 10.1. The van der Waals surface area contributed by atoms with Crippen molar-refractivity contribution in [1.29, 1.82) is 0 Å². The molecule has 2 aromatic rings. The second kappa shape index (κ2) is 6.11. The smallest absolute Gasteiger partial charge is 0.255 e. The van der Waals surface area contributed by atoms with Crippen molar-refractivity contribution in [2.24, 2.45) is 5.73 Å². The monoisotopic (exact) mass is 337 g/mol. The minimum absolute atomic E-state index is 0.257. The van der Waals surface area contributed by atoms with Gasteiger partial charge in [0.1, 0.15) is 5.82 Å². The lowest BCUT2D eigenvalue weighted by molar-refractivity contribution is 0.102. The van der Waals surface area contributed by atoms with Crippen LogP contribution in [0.2, 0.25) is 0 Å². The molecule has 4 nitrogen and oxygen atoms in total. The van der Waals surface area contributed by atoms with Gasteiger partial charge < -0.3 is 11.1 Å². The minimum atomic E-state index is -0.428. The largest absolute Gasteiger partial charge is 0.325 e. The van der Waals surface area contributed by atoms with E-state index in [9.17, 15) is 9.18 Å². The Hall–Kier alpha value is -1.79. The highest BCUT2D eigenvalue weighted by molar-refractivity contribution is 9.10. The summed E-state index contributed by atoms with van der Waals surface area (Å²) in [7, 11) is 0. The molecule has 1 heterocycles. The van der Waals surface area contributed by atoms with E-state index in [1.807, 2.05) is 0 Å². The van der Waals surface area contributed by atoms with Gasteiger partial charge in [0, 0.05) is 24.0 Å². The molecule has 1 aromatic carbocycles. The third-order valence-corrected chi connectivity index (χ3v) is 3.41. The van der Waals surface area contributed by atoms with E-state index >= 15 is 0 Å². The fourth-order valence-electron chi connectivity index (χ4n) is 1.71. The number of hydrogen-bond acceptors (Lipinski definition) is 3. The number of nitrogens with zero attached hydrogens (tertiary/aromatic N) is 1. The maximum absolute atomic E-state index is 13.5. The summed E-state index contributed by atoms with van der Waals surface area (Å²) in [6.07, 6.45) is 1.52. The number of anilines is 1. The number of halogens is 2. The van der Waals surface area contributed by atoms with Crippen molar-refractivity contribution in [3.8, 4) is 0 Å². The Morgan fingerprint density at radius 3 is 2.90 bits per heavy atom. The lowest BCUT2D eigenvalue weighted by Crippen LogP contribution is -2.14. The van der Waals surface area contributed by atoms with Crippen LogP contribution in [0.25, 0.3) is 0 Å². The van der Waals surface area contributed by atoms with Crippen LogP contribution in [0.15, 0.2) is 34.9 Å². The van der Waals surface area contributed by atoms with Gasteiger partial charge in [-0.1, -0.05) is 0 Å². The SMILES string of the molecule is Cc1cc(Br)c(F)cc1NC(=O)c1ccnc(CN)c1. The summed E-state index contributed by atoms with van der Waals surface area (Å²) < 4.78 is 13.9. The highest BCUT2D eigenvalue weighted by Crippen LogP contribution is 2.24. The number of aromatic nitrogens is 1. The van der Waals surface area contributed by atoms with E-state index in [1.165, 1.54) is 12.3 Å². The number of hydrogen-bond donors (Lipinski definition) is 2. The van der Waals surface area contributed by atoms with Gasteiger partial charge >= 0.3 is 0 Å². The molecule has 0 aliphatic carbocycles. The highest BCUT2D eigenvalue weighted by Gasteiger charge is 2.11. The maximum atomic E-state index is 13.5. The zero-order chi connectivity index (χ0) is 14.7. The number of carbonyl (C=O) groups excluding carboxylic acids is 1. The summed E-state index contributed by atoms with van der Waals surface area (Å²) in [5.41, 5.74) is 7.73. The third-order valence-electron chi connectivity index (χ3n) is 2.80. The number of carbonyl (C=O) groups is 1. The van der Waals surface area contributed by atoms with E-state index in [-0.39, 0.29) is 12.5 Å². The van der Waals surface area contributed by atoms with Crippen LogP contribution >= 0.6 is 15.9 Å². The second-order valence-electron chi connectivity index (χ2n) is 4.28. The molecule has 2 rings (SSSR count). The summed E-state index contributed by atoms with van der Waals surface area (Å²) in [5, 5.41) is 2.68. The molecule has 20 heavy (non-hydrogen) atoms. The summed E-state index contributed by atoms with van der Waals surface area (Å²) in [6.45, 7) is 2.05. The topological polar surface area (TPSA) is 68.0 Å². The first kappa shape index (κ1) is 14.6. The Kier molecular flexibility index (Phi) is 4.46. The number of nitrogens with one attached hydrogen (secondary N) is 1. The second-order valence-corrected chi connectivity index (χ2v) is 5.13. The van der Waals surface area contributed by atoms with Gasteiger partial charge in [0.15, 0.2) is 0 Å². The minimum Gasteiger partial charge on any atom is -0.325 e. The maximum Gasteiger partial charge on any atom is 0.255 e. The zero-order valence-corrected chi connectivity index (χ0v) is 12.4. The first-order chi connectivity index (χ1) is 9.51. The van der Waals surface area contributed by atoms with Crippen LogP contribution in [0.4, 0.5) is 10.1 Å².